The zero-order valence-electron chi connectivity index (χ0n) is 35.7. The van der Waals surface area contributed by atoms with Crippen molar-refractivity contribution in [1.82, 2.24) is 0 Å². The van der Waals surface area contributed by atoms with Crippen LogP contribution in [0, 0.1) is 0 Å². The molecule has 11 aromatic rings. The van der Waals surface area contributed by atoms with Crippen LogP contribution in [-0.2, 0) is 10.8 Å². The molecule has 0 N–H and O–H groups in total. The van der Waals surface area contributed by atoms with Crippen molar-refractivity contribution in [2.45, 2.75) is 24.7 Å². The van der Waals surface area contributed by atoms with Gasteiger partial charge in [0.2, 0.25) is 0 Å². The van der Waals surface area contributed by atoms with Crippen LogP contribution in [0.25, 0.3) is 66.1 Å². The predicted molar refractivity (Wildman–Crippen MR) is 266 cm³/mol. The molecule has 2 nitrogen and oxygen atoms in total. The highest BCUT2D eigenvalue weighted by atomic mass is 16.3. The van der Waals surface area contributed by atoms with Gasteiger partial charge in [0, 0.05) is 22.2 Å². The minimum absolute atomic E-state index is 0.189. The van der Waals surface area contributed by atoms with Crippen LogP contribution in [0.15, 0.2) is 229 Å². The SMILES string of the molecule is CC1(C)c2ccccc2-c2ccc(N(c3ccc4c(c3)C(c3ccccc3)(c3ccccc3)c3ccccc3-4)c3cc(-c4ccccc4)cc4oc5cc6ccccc6cc5c34)cc21. The lowest BCUT2D eigenvalue weighted by molar-refractivity contribution is 0.660. The van der Waals surface area contributed by atoms with Crippen molar-refractivity contribution >= 4 is 49.8 Å². The summed E-state index contributed by atoms with van der Waals surface area (Å²) in [5.74, 6) is 0. The summed E-state index contributed by atoms with van der Waals surface area (Å²) in [4.78, 5) is 2.52. The Hall–Kier alpha value is -7.94. The zero-order valence-corrected chi connectivity index (χ0v) is 35.7. The molecule has 1 heterocycles. The molecule has 0 amide bonds. The topological polar surface area (TPSA) is 16.4 Å². The molecule has 0 aliphatic heterocycles. The first-order chi connectivity index (χ1) is 31.5. The molecule has 0 fully saturated rings. The molecule has 0 radical (unpaired) electrons. The minimum Gasteiger partial charge on any atom is -0.456 e. The van der Waals surface area contributed by atoms with E-state index < -0.39 is 5.41 Å². The molecule has 10 aromatic carbocycles. The number of benzene rings is 10. The number of anilines is 3. The first kappa shape index (κ1) is 36.7. The third-order valence-corrected chi connectivity index (χ3v) is 14.3. The monoisotopic (exact) mass is 817 g/mol. The van der Waals surface area contributed by atoms with Crippen molar-refractivity contribution in [2.75, 3.05) is 4.90 Å². The molecule has 0 saturated heterocycles. The van der Waals surface area contributed by atoms with Crippen LogP contribution in [0.3, 0.4) is 0 Å². The minimum atomic E-state index is -0.555. The molecule has 2 heteroatoms. The molecule has 0 saturated carbocycles. The smallest absolute Gasteiger partial charge is 0.138 e. The lowest BCUT2D eigenvalue weighted by atomic mass is 9.67. The van der Waals surface area contributed by atoms with Gasteiger partial charge in [-0.15, -0.1) is 0 Å². The van der Waals surface area contributed by atoms with Gasteiger partial charge in [-0.3, -0.25) is 0 Å². The van der Waals surface area contributed by atoms with E-state index in [9.17, 15) is 0 Å². The Morgan fingerprint density at radius 3 is 1.56 bits per heavy atom. The van der Waals surface area contributed by atoms with Gasteiger partial charge < -0.3 is 9.32 Å². The Kier molecular flexibility index (Phi) is 7.90. The second-order valence-electron chi connectivity index (χ2n) is 18.0. The van der Waals surface area contributed by atoms with Crippen molar-refractivity contribution < 1.29 is 4.42 Å². The number of furan rings is 1. The molecule has 64 heavy (non-hydrogen) atoms. The zero-order chi connectivity index (χ0) is 42.6. The average Bonchev–Trinajstić information content (AvgIpc) is 3.94. The molecule has 2 aliphatic carbocycles. The third-order valence-electron chi connectivity index (χ3n) is 14.3. The van der Waals surface area contributed by atoms with E-state index in [0.29, 0.717) is 0 Å². The van der Waals surface area contributed by atoms with E-state index in [1.807, 2.05) is 0 Å². The normalized spacial score (nSPS) is 14.0. The molecular weight excluding hydrogens is 775 g/mol. The standard InChI is InChI=1S/C62H43NO/c1-61(2)53-28-16-14-26-48(53)50-32-30-46(38-55(50)61)63(57-35-43(40-18-6-3-7-19-40)37-59-60(57)52-34-41-20-12-13-21-42(41)36-58(52)64-59)47-31-33-51-49-27-15-17-29-54(49)62(56(51)39-47,44-22-8-4-9-23-44)45-24-10-5-11-25-45/h3-39H,1-2H3. The maximum absolute atomic E-state index is 6.97. The molecule has 302 valence electrons. The summed E-state index contributed by atoms with van der Waals surface area (Å²) in [6.07, 6.45) is 0. The maximum atomic E-state index is 6.97. The van der Waals surface area contributed by atoms with E-state index in [1.165, 1.54) is 61.0 Å². The summed E-state index contributed by atoms with van der Waals surface area (Å²) >= 11 is 0. The molecule has 13 rings (SSSR count). The Morgan fingerprint density at radius 1 is 0.375 bits per heavy atom. The molecular formula is C62H43NO. The second kappa shape index (κ2) is 13.8. The number of rotatable bonds is 6. The van der Waals surface area contributed by atoms with Crippen LogP contribution in [0.4, 0.5) is 17.1 Å². The first-order valence-corrected chi connectivity index (χ1v) is 22.3. The largest absolute Gasteiger partial charge is 0.456 e. The van der Waals surface area contributed by atoms with E-state index in [2.05, 4.69) is 243 Å². The first-order valence-electron chi connectivity index (χ1n) is 22.3. The van der Waals surface area contributed by atoms with E-state index in [-0.39, 0.29) is 5.41 Å². The Morgan fingerprint density at radius 2 is 0.891 bits per heavy atom. The fourth-order valence-electron chi connectivity index (χ4n) is 11.4. The van der Waals surface area contributed by atoms with E-state index in [1.54, 1.807) is 0 Å². The van der Waals surface area contributed by atoms with Gasteiger partial charge in [0.15, 0.2) is 0 Å². The van der Waals surface area contributed by atoms with Gasteiger partial charge in [0.25, 0.3) is 0 Å². The van der Waals surface area contributed by atoms with Crippen LogP contribution in [0.1, 0.15) is 47.2 Å². The van der Waals surface area contributed by atoms with Gasteiger partial charge in [0.05, 0.1) is 16.5 Å². The number of fused-ring (bicyclic) bond motifs is 10. The van der Waals surface area contributed by atoms with Crippen LogP contribution < -0.4 is 4.90 Å². The van der Waals surface area contributed by atoms with Crippen molar-refractivity contribution in [2.24, 2.45) is 0 Å². The van der Waals surface area contributed by atoms with E-state index in [4.69, 9.17) is 4.42 Å². The molecule has 0 unspecified atom stereocenters. The Bertz CT molecular complexity index is 3600. The molecule has 2 aliphatic rings. The lowest BCUT2D eigenvalue weighted by Crippen LogP contribution is -2.28. The van der Waals surface area contributed by atoms with Gasteiger partial charge in [0.1, 0.15) is 11.2 Å². The molecule has 1 aromatic heterocycles. The van der Waals surface area contributed by atoms with Gasteiger partial charge in [-0.05, 0) is 126 Å². The van der Waals surface area contributed by atoms with E-state index in [0.717, 1.165) is 55.5 Å². The summed E-state index contributed by atoms with van der Waals surface area (Å²) in [6, 6.07) is 82.9. The average molecular weight is 818 g/mol. The molecule has 0 spiro atoms. The van der Waals surface area contributed by atoms with Crippen LogP contribution in [0.2, 0.25) is 0 Å². The maximum Gasteiger partial charge on any atom is 0.138 e. The van der Waals surface area contributed by atoms with Gasteiger partial charge >= 0.3 is 0 Å². The van der Waals surface area contributed by atoms with Gasteiger partial charge in [-0.25, -0.2) is 0 Å². The Balaban J connectivity index is 1.15. The van der Waals surface area contributed by atoms with Crippen LogP contribution in [0.5, 0.6) is 0 Å². The number of hydrogen-bond donors (Lipinski definition) is 0. The highest BCUT2D eigenvalue weighted by Crippen LogP contribution is 2.58. The lowest BCUT2D eigenvalue weighted by Gasteiger charge is -2.35. The third kappa shape index (κ3) is 5.20. The highest BCUT2D eigenvalue weighted by molar-refractivity contribution is 6.17. The van der Waals surface area contributed by atoms with Crippen molar-refractivity contribution in [3.8, 4) is 33.4 Å². The summed E-state index contributed by atoms with van der Waals surface area (Å²) < 4.78 is 6.97. The van der Waals surface area contributed by atoms with Crippen LogP contribution in [-0.4, -0.2) is 0 Å². The van der Waals surface area contributed by atoms with Crippen molar-refractivity contribution in [1.29, 1.82) is 0 Å². The molecule has 0 bridgehead atoms. The van der Waals surface area contributed by atoms with Gasteiger partial charge in [-0.2, -0.15) is 0 Å². The second-order valence-corrected chi connectivity index (χ2v) is 18.0. The summed E-state index contributed by atoms with van der Waals surface area (Å²) in [5.41, 5.74) is 19.3. The van der Waals surface area contributed by atoms with Crippen LogP contribution >= 0.6 is 0 Å². The van der Waals surface area contributed by atoms with Crippen molar-refractivity contribution in [3.05, 3.63) is 258 Å². The highest BCUT2D eigenvalue weighted by Gasteiger charge is 2.46. The van der Waals surface area contributed by atoms with Crippen molar-refractivity contribution in [3.63, 3.8) is 0 Å². The summed E-state index contributed by atoms with van der Waals surface area (Å²) in [6.45, 7) is 4.74. The predicted octanol–water partition coefficient (Wildman–Crippen LogP) is 16.5. The fraction of sp³-hybridized carbons (Fsp3) is 0.0645. The fourth-order valence-corrected chi connectivity index (χ4v) is 11.4. The number of nitrogens with zero attached hydrogens (tertiary/aromatic N) is 1. The summed E-state index contributed by atoms with van der Waals surface area (Å²) in [7, 11) is 0. The van der Waals surface area contributed by atoms with E-state index >= 15 is 0 Å². The molecule has 0 atom stereocenters. The summed E-state index contributed by atoms with van der Waals surface area (Å²) in [5, 5.41) is 4.53. The van der Waals surface area contributed by atoms with Gasteiger partial charge in [-0.1, -0.05) is 190 Å². The number of hydrogen-bond acceptors (Lipinski definition) is 2. The Labute approximate surface area is 373 Å². The quantitative estimate of drug-likeness (QED) is 0.166.